The van der Waals surface area contributed by atoms with Crippen molar-refractivity contribution in [2.24, 2.45) is 0 Å². The zero-order valence-electron chi connectivity index (χ0n) is 19.2. The number of carboxylic acids is 1. The number of carboxylic acid groups (broad SMARTS) is 1. The summed E-state index contributed by atoms with van der Waals surface area (Å²) in [6.07, 6.45) is 5.37. The van der Waals surface area contributed by atoms with Crippen LogP contribution >= 0.6 is 23.6 Å². The first-order chi connectivity index (χ1) is 15.7. The third-order valence-electron chi connectivity index (χ3n) is 6.39. The monoisotopic (exact) mass is 485 g/mol. The average Bonchev–Trinajstić information content (AvgIpc) is 3.28. The van der Waals surface area contributed by atoms with Crippen LogP contribution in [0.5, 0.6) is 0 Å². The van der Waals surface area contributed by atoms with Gasteiger partial charge < -0.3 is 9.67 Å². The summed E-state index contributed by atoms with van der Waals surface area (Å²) in [5.41, 5.74) is 3.75. The zero-order chi connectivity index (χ0) is 24.0. The SMILES string of the molecule is CCN1C(=O)C(=Cc2cc(C)n(-c3sc4c(c3C(=O)O)CCCC4)c2C)C(=O)N(CC)C1=S. The van der Waals surface area contributed by atoms with Crippen molar-refractivity contribution >= 4 is 52.5 Å². The number of amides is 2. The van der Waals surface area contributed by atoms with Gasteiger partial charge in [-0.15, -0.1) is 11.3 Å². The second kappa shape index (κ2) is 8.87. The van der Waals surface area contributed by atoms with Gasteiger partial charge in [-0.3, -0.25) is 19.4 Å². The third-order valence-corrected chi connectivity index (χ3v) is 8.10. The summed E-state index contributed by atoms with van der Waals surface area (Å²) in [6.45, 7) is 8.20. The number of hydrogen-bond donors (Lipinski definition) is 1. The fourth-order valence-electron chi connectivity index (χ4n) is 4.71. The lowest BCUT2D eigenvalue weighted by atomic mass is 9.95. The van der Waals surface area contributed by atoms with Gasteiger partial charge in [0.2, 0.25) is 0 Å². The molecule has 0 aromatic carbocycles. The largest absolute Gasteiger partial charge is 0.478 e. The Kier molecular flexibility index (Phi) is 6.28. The molecule has 33 heavy (non-hydrogen) atoms. The van der Waals surface area contributed by atoms with Crippen molar-refractivity contribution in [1.82, 2.24) is 14.4 Å². The van der Waals surface area contributed by atoms with Crippen LogP contribution in [0.2, 0.25) is 0 Å². The number of carbonyl (C=O) groups excluding carboxylic acids is 2. The number of nitrogens with zero attached hydrogens (tertiary/aromatic N) is 3. The molecule has 1 N–H and O–H groups in total. The molecule has 0 unspecified atom stereocenters. The second-order valence-corrected chi connectivity index (χ2v) is 9.75. The van der Waals surface area contributed by atoms with Crippen LogP contribution in [-0.4, -0.2) is 55.5 Å². The highest BCUT2D eigenvalue weighted by Gasteiger charge is 2.38. The summed E-state index contributed by atoms with van der Waals surface area (Å²) in [5, 5.41) is 10.9. The van der Waals surface area contributed by atoms with E-state index in [1.165, 1.54) is 21.1 Å². The molecule has 174 valence electrons. The van der Waals surface area contributed by atoms with Crippen molar-refractivity contribution < 1.29 is 19.5 Å². The minimum Gasteiger partial charge on any atom is -0.478 e. The predicted octanol–water partition coefficient (Wildman–Crippen LogP) is 4.11. The number of hydrogen-bond acceptors (Lipinski definition) is 5. The second-order valence-electron chi connectivity index (χ2n) is 8.30. The molecule has 3 heterocycles. The maximum Gasteiger partial charge on any atom is 0.339 e. The summed E-state index contributed by atoms with van der Waals surface area (Å²) >= 11 is 6.87. The maximum absolute atomic E-state index is 13.0. The molecule has 2 amide bonds. The Morgan fingerprint density at radius 2 is 1.73 bits per heavy atom. The van der Waals surface area contributed by atoms with Crippen LogP contribution in [0.15, 0.2) is 11.6 Å². The molecular weight excluding hydrogens is 458 g/mol. The van der Waals surface area contributed by atoms with Gasteiger partial charge in [-0.05, 0) is 88.9 Å². The van der Waals surface area contributed by atoms with Gasteiger partial charge in [0, 0.05) is 29.4 Å². The molecule has 0 radical (unpaired) electrons. The topological polar surface area (TPSA) is 82.9 Å². The minimum absolute atomic E-state index is 0.0662. The maximum atomic E-state index is 13.0. The van der Waals surface area contributed by atoms with Crippen molar-refractivity contribution in [2.75, 3.05) is 13.1 Å². The van der Waals surface area contributed by atoms with Gasteiger partial charge in [0.05, 0.1) is 5.56 Å². The van der Waals surface area contributed by atoms with E-state index in [9.17, 15) is 19.5 Å². The first-order valence-corrected chi connectivity index (χ1v) is 12.4. The minimum atomic E-state index is -0.917. The highest BCUT2D eigenvalue weighted by atomic mass is 32.1. The molecule has 1 aliphatic carbocycles. The molecule has 1 saturated heterocycles. The van der Waals surface area contributed by atoms with E-state index in [4.69, 9.17) is 12.2 Å². The Balaban J connectivity index is 1.84. The summed E-state index contributed by atoms with van der Waals surface area (Å²) in [6, 6.07) is 1.90. The lowest BCUT2D eigenvalue weighted by Crippen LogP contribution is -2.55. The van der Waals surface area contributed by atoms with Crippen LogP contribution in [0.1, 0.15) is 64.4 Å². The lowest BCUT2D eigenvalue weighted by molar-refractivity contribution is -0.133. The molecule has 2 aromatic heterocycles. The number of aryl methyl sites for hydroxylation is 2. The molecule has 7 nitrogen and oxygen atoms in total. The molecular formula is C24H27N3O4S2. The Morgan fingerprint density at radius 1 is 1.12 bits per heavy atom. The Morgan fingerprint density at radius 3 is 2.30 bits per heavy atom. The van der Waals surface area contributed by atoms with E-state index in [1.807, 2.05) is 38.3 Å². The first kappa shape index (κ1) is 23.4. The molecule has 1 aliphatic heterocycles. The zero-order valence-corrected chi connectivity index (χ0v) is 20.9. The molecule has 2 aliphatic rings. The quantitative estimate of drug-likeness (QED) is 0.392. The predicted molar refractivity (Wildman–Crippen MR) is 132 cm³/mol. The van der Waals surface area contributed by atoms with E-state index in [0.717, 1.165) is 47.5 Å². The molecule has 1 fully saturated rings. The normalized spacial score (nSPS) is 16.5. The van der Waals surface area contributed by atoms with Crippen LogP contribution in [0.25, 0.3) is 11.1 Å². The van der Waals surface area contributed by atoms with Crippen LogP contribution in [0, 0.1) is 13.8 Å². The fourth-order valence-corrected chi connectivity index (χ4v) is 6.63. The average molecular weight is 486 g/mol. The van der Waals surface area contributed by atoms with Gasteiger partial charge in [-0.1, -0.05) is 0 Å². The standard InChI is InChI=1S/C24H27N3O4S2/c1-5-25-20(28)17(21(29)26(6-2)24(25)32)12-15-11-13(3)27(14(15)4)22-19(23(30)31)16-9-7-8-10-18(16)33-22/h11-12H,5-10H2,1-4H3,(H,30,31). The van der Waals surface area contributed by atoms with E-state index in [0.29, 0.717) is 29.2 Å². The highest BCUT2D eigenvalue weighted by Crippen LogP contribution is 2.39. The van der Waals surface area contributed by atoms with Gasteiger partial charge in [-0.2, -0.15) is 0 Å². The van der Waals surface area contributed by atoms with E-state index >= 15 is 0 Å². The smallest absolute Gasteiger partial charge is 0.339 e. The van der Waals surface area contributed by atoms with Gasteiger partial charge in [-0.25, -0.2) is 4.79 Å². The fraction of sp³-hybridized carbons (Fsp3) is 0.417. The third kappa shape index (κ3) is 3.73. The van der Waals surface area contributed by atoms with Crippen LogP contribution in [0.3, 0.4) is 0 Å². The van der Waals surface area contributed by atoms with Crippen LogP contribution in [0.4, 0.5) is 0 Å². The van der Waals surface area contributed by atoms with Gasteiger partial charge in [0.1, 0.15) is 10.6 Å². The Bertz CT molecular complexity index is 1190. The summed E-state index contributed by atoms with van der Waals surface area (Å²) in [5.74, 6) is -1.72. The number of carbonyl (C=O) groups is 3. The number of aromatic nitrogens is 1. The van der Waals surface area contributed by atoms with E-state index in [2.05, 4.69) is 0 Å². The van der Waals surface area contributed by atoms with Crippen molar-refractivity contribution in [1.29, 1.82) is 0 Å². The number of fused-ring (bicyclic) bond motifs is 1. The Labute approximate surface area is 202 Å². The molecule has 4 rings (SSSR count). The van der Waals surface area contributed by atoms with Gasteiger partial charge in [0.15, 0.2) is 5.11 Å². The highest BCUT2D eigenvalue weighted by molar-refractivity contribution is 7.80. The molecule has 0 spiro atoms. The van der Waals surface area contributed by atoms with Gasteiger partial charge >= 0.3 is 5.97 Å². The van der Waals surface area contributed by atoms with Crippen molar-refractivity contribution in [3.63, 3.8) is 0 Å². The summed E-state index contributed by atoms with van der Waals surface area (Å²) in [7, 11) is 0. The number of thiophene rings is 1. The number of thiocarbonyl (C=S) groups is 1. The number of aromatic carboxylic acids is 1. The molecule has 0 saturated carbocycles. The molecule has 2 aromatic rings. The molecule has 0 atom stereocenters. The molecule has 0 bridgehead atoms. The van der Waals surface area contributed by atoms with E-state index < -0.39 is 17.8 Å². The summed E-state index contributed by atoms with van der Waals surface area (Å²) < 4.78 is 1.94. The van der Waals surface area contributed by atoms with Crippen molar-refractivity contribution in [3.05, 3.63) is 44.6 Å². The van der Waals surface area contributed by atoms with E-state index in [1.54, 1.807) is 6.08 Å². The Hall–Kier alpha value is -2.78. The van der Waals surface area contributed by atoms with Crippen molar-refractivity contribution in [3.8, 4) is 5.00 Å². The molecule has 9 heteroatoms. The van der Waals surface area contributed by atoms with Gasteiger partial charge in [0.25, 0.3) is 11.8 Å². The van der Waals surface area contributed by atoms with Crippen LogP contribution in [-0.2, 0) is 22.4 Å². The van der Waals surface area contributed by atoms with E-state index in [-0.39, 0.29) is 10.7 Å². The lowest BCUT2D eigenvalue weighted by Gasteiger charge is -2.35. The van der Waals surface area contributed by atoms with Crippen molar-refractivity contribution in [2.45, 2.75) is 53.4 Å². The van der Waals surface area contributed by atoms with Crippen LogP contribution < -0.4 is 0 Å². The number of likely N-dealkylation sites (N-methyl/N-ethyl adjacent to an activating group) is 2. The first-order valence-electron chi connectivity index (χ1n) is 11.2. The number of rotatable bonds is 5. The summed E-state index contributed by atoms with van der Waals surface area (Å²) in [4.78, 5) is 42.3.